The van der Waals surface area contributed by atoms with Crippen LogP contribution in [0.5, 0.6) is 0 Å². The first-order valence-electron chi connectivity index (χ1n) is 36.4. The lowest BCUT2D eigenvalue weighted by atomic mass is 9.96. The molecular formula is C70H133NO18. The van der Waals surface area contributed by atoms with Crippen LogP contribution in [0.15, 0.2) is 12.2 Å². The first-order valence-corrected chi connectivity index (χ1v) is 36.4. The van der Waals surface area contributed by atoms with Gasteiger partial charge in [-0.25, -0.2) is 0 Å². The number of carbonyl (C=O) groups excluding carboxylic acids is 1. The van der Waals surface area contributed by atoms with Crippen LogP contribution in [0, 0.1) is 0 Å². The molecule has 0 aromatic heterocycles. The quantitative estimate of drug-likeness (QED) is 0.0199. The predicted molar refractivity (Wildman–Crippen MR) is 347 cm³/mol. The molecule has 0 spiro atoms. The summed E-state index contributed by atoms with van der Waals surface area (Å²) in [6.45, 7) is 1.84. The van der Waals surface area contributed by atoms with Crippen LogP contribution < -0.4 is 5.32 Å². The van der Waals surface area contributed by atoms with E-state index in [1.807, 2.05) is 0 Å². The van der Waals surface area contributed by atoms with Gasteiger partial charge in [-0.3, -0.25) is 4.79 Å². The van der Waals surface area contributed by atoms with E-state index in [2.05, 4.69) is 31.3 Å². The highest BCUT2D eigenvalue weighted by molar-refractivity contribution is 5.76. The average molecular weight is 1280 g/mol. The van der Waals surface area contributed by atoms with Gasteiger partial charge in [-0.05, 0) is 38.5 Å². The zero-order valence-corrected chi connectivity index (χ0v) is 55.7. The Labute approximate surface area is 537 Å². The number of rotatable bonds is 57. The highest BCUT2D eigenvalue weighted by Gasteiger charge is 2.53. The van der Waals surface area contributed by atoms with Gasteiger partial charge in [0.05, 0.1) is 38.6 Å². The third-order valence-electron chi connectivity index (χ3n) is 18.6. The van der Waals surface area contributed by atoms with Crippen molar-refractivity contribution >= 4 is 5.91 Å². The van der Waals surface area contributed by atoms with Gasteiger partial charge in [-0.2, -0.15) is 0 Å². The van der Waals surface area contributed by atoms with Crippen molar-refractivity contribution in [3.63, 3.8) is 0 Å². The van der Waals surface area contributed by atoms with E-state index in [9.17, 15) is 61.0 Å². The molecule has 12 N–H and O–H groups in total. The smallest absolute Gasteiger partial charge is 0.220 e. The SMILES string of the molecule is CCCCCCCC/C=C\CCCCCCCCCCCC(=O)NC(COC1OC(CO)C(OC2OC(CO)C(OC3OC(CO)C(O)C(O)C3O)C(O)C2O)C(O)C1O)C(O)CCCCCCCCCCCCCCCCCCCCCCCCCCC. The van der Waals surface area contributed by atoms with Crippen molar-refractivity contribution in [2.24, 2.45) is 0 Å². The lowest BCUT2D eigenvalue weighted by Crippen LogP contribution is -2.66. The molecule has 0 saturated carbocycles. The Morgan fingerprint density at radius 1 is 0.393 bits per heavy atom. The molecule has 3 saturated heterocycles. The molecule has 17 atom stereocenters. The van der Waals surface area contributed by atoms with Crippen molar-refractivity contribution in [3.8, 4) is 0 Å². The Morgan fingerprint density at radius 3 is 1.09 bits per heavy atom. The van der Waals surface area contributed by atoms with E-state index in [1.54, 1.807) is 0 Å². The van der Waals surface area contributed by atoms with Crippen LogP contribution in [0.3, 0.4) is 0 Å². The van der Waals surface area contributed by atoms with E-state index >= 15 is 0 Å². The fourth-order valence-electron chi connectivity index (χ4n) is 12.7. The molecule has 3 aliphatic rings. The van der Waals surface area contributed by atoms with Gasteiger partial charge in [-0.1, -0.05) is 264 Å². The number of carbonyl (C=O) groups is 1. The minimum absolute atomic E-state index is 0.240. The van der Waals surface area contributed by atoms with Crippen LogP contribution in [-0.4, -0.2) is 193 Å². The summed E-state index contributed by atoms with van der Waals surface area (Å²) in [5.74, 6) is -0.240. The maximum atomic E-state index is 13.4. The van der Waals surface area contributed by atoms with Gasteiger partial charge >= 0.3 is 0 Å². The van der Waals surface area contributed by atoms with Crippen molar-refractivity contribution in [1.82, 2.24) is 5.32 Å². The zero-order valence-electron chi connectivity index (χ0n) is 55.7. The van der Waals surface area contributed by atoms with Gasteiger partial charge in [0.15, 0.2) is 18.9 Å². The molecule has 3 heterocycles. The van der Waals surface area contributed by atoms with Gasteiger partial charge in [-0.15, -0.1) is 0 Å². The Bertz CT molecular complexity index is 1670. The molecule has 0 bridgehead atoms. The van der Waals surface area contributed by atoms with Gasteiger partial charge in [0.2, 0.25) is 5.91 Å². The zero-order chi connectivity index (χ0) is 64.7. The number of hydrogen-bond donors (Lipinski definition) is 12. The van der Waals surface area contributed by atoms with E-state index in [4.69, 9.17) is 28.4 Å². The number of aliphatic hydroxyl groups excluding tert-OH is 11. The van der Waals surface area contributed by atoms with Crippen molar-refractivity contribution in [3.05, 3.63) is 12.2 Å². The number of ether oxygens (including phenoxy) is 6. The number of allylic oxidation sites excluding steroid dienone is 2. The highest BCUT2D eigenvalue weighted by atomic mass is 16.8. The maximum absolute atomic E-state index is 13.4. The fraction of sp³-hybridized carbons (Fsp3) is 0.957. The summed E-state index contributed by atoms with van der Waals surface area (Å²) in [6, 6.07) is -0.886. The van der Waals surface area contributed by atoms with Crippen LogP contribution in [-0.2, 0) is 33.2 Å². The average Bonchev–Trinajstić information content (AvgIpc) is 2.46. The maximum Gasteiger partial charge on any atom is 0.220 e. The standard InChI is InChI=1S/C70H133NO18/c1-3-5-7-9-11-13-15-17-19-21-23-24-25-26-27-28-30-31-33-35-37-39-41-43-45-47-54(75)53(71-58(76)48-46-44-42-40-38-36-34-32-29-22-20-18-16-14-12-10-8-6-4-2)52-84-68-64(82)61(79)66(56(50-73)86-68)89-70-65(83)62(80)67(57(51-74)87-70)88-69-63(81)60(78)59(77)55(49-72)85-69/h18,20,53-57,59-70,72-75,77-83H,3-17,19,21-52H2,1-2H3,(H,71,76)/b20-18-. The normalized spacial score (nSPS) is 28.2. The van der Waals surface area contributed by atoms with E-state index in [-0.39, 0.29) is 18.9 Å². The van der Waals surface area contributed by atoms with E-state index in [1.165, 1.54) is 212 Å². The summed E-state index contributed by atoms with van der Waals surface area (Å²) in [5.41, 5.74) is 0. The summed E-state index contributed by atoms with van der Waals surface area (Å²) in [5, 5.41) is 121. The topological polar surface area (TPSA) is 307 Å². The second-order valence-corrected chi connectivity index (χ2v) is 26.4. The number of amides is 1. The van der Waals surface area contributed by atoms with E-state index < -0.39 is 124 Å². The Kier molecular flexibility index (Phi) is 48.5. The molecule has 89 heavy (non-hydrogen) atoms. The summed E-state index contributed by atoms with van der Waals surface area (Å²) < 4.78 is 34.5. The third-order valence-corrected chi connectivity index (χ3v) is 18.6. The van der Waals surface area contributed by atoms with E-state index in [0.717, 1.165) is 51.4 Å². The molecule has 0 aliphatic carbocycles. The van der Waals surface area contributed by atoms with Crippen LogP contribution in [0.4, 0.5) is 0 Å². The highest BCUT2D eigenvalue weighted by Crippen LogP contribution is 2.33. The summed E-state index contributed by atoms with van der Waals surface area (Å²) in [6.07, 6.45) is 31.4. The van der Waals surface area contributed by atoms with Gasteiger partial charge < -0.3 is 89.9 Å². The molecule has 17 unspecified atom stereocenters. The first-order chi connectivity index (χ1) is 43.3. The molecule has 1 amide bonds. The fourth-order valence-corrected chi connectivity index (χ4v) is 12.7. The van der Waals surface area contributed by atoms with Crippen molar-refractivity contribution in [2.75, 3.05) is 26.4 Å². The van der Waals surface area contributed by atoms with Gasteiger partial charge in [0, 0.05) is 6.42 Å². The molecule has 0 aromatic rings. The number of hydrogen-bond acceptors (Lipinski definition) is 18. The molecule has 526 valence electrons. The Morgan fingerprint density at radius 2 is 0.708 bits per heavy atom. The van der Waals surface area contributed by atoms with Gasteiger partial charge in [0.1, 0.15) is 73.2 Å². The van der Waals surface area contributed by atoms with Crippen molar-refractivity contribution < 1.29 is 89.4 Å². The van der Waals surface area contributed by atoms with Crippen LogP contribution in [0.25, 0.3) is 0 Å². The molecule has 3 rings (SSSR count). The monoisotopic (exact) mass is 1280 g/mol. The molecule has 3 aliphatic heterocycles. The lowest BCUT2D eigenvalue weighted by Gasteiger charge is -2.48. The molecule has 0 radical (unpaired) electrons. The largest absolute Gasteiger partial charge is 0.394 e. The van der Waals surface area contributed by atoms with Gasteiger partial charge in [0.25, 0.3) is 0 Å². The second-order valence-electron chi connectivity index (χ2n) is 26.4. The van der Waals surface area contributed by atoms with Crippen LogP contribution >= 0.6 is 0 Å². The molecular weight excluding hydrogens is 1140 g/mol. The molecule has 19 heteroatoms. The second kappa shape index (κ2) is 52.8. The number of unbranched alkanes of at least 4 members (excludes halogenated alkanes) is 39. The molecule has 19 nitrogen and oxygen atoms in total. The minimum Gasteiger partial charge on any atom is -0.394 e. The molecule has 3 fully saturated rings. The number of aliphatic hydroxyl groups is 11. The number of nitrogens with one attached hydrogen (secondary N) is 1. The Balaban J connectivity index is 1.41. The van der Waals surface area contributed by atoms with E-state index in [0.29, 0.717) is 12.8 Å². The summed E-state index contributed by atoms with van der Waals surface area (Å²) >= 11 is 0. The summed E-state index contributed by atoms with van der Waals surface area (Å²) in [4.78, 5) is 13.4. The third kappa shape index (κ3) is 34.7. The first kappa shape index (κ1) is 81.8. The van der Waals surface area contributed by atoms with Crippen molar-refractivity contribution in [1.29, 1.82) is 0 Å². The van der Waals surface area contributed by atoms with Crippen molar-refractivity contribution in [2.45, 2.75) is 401 Å². The molecule has 0 aromatic carbocycles. The summed E-state index contributed by atoms with van der Waals surface area (Å²) in [7, 11) is 0. The lowest BCUT2D eigenvalue weighted by molar-refractivity contribution is -0.379. The van der Waals surface area contributed by atoms with Crippen LogP contribution in [0.2, 0.25) is 0 Å². The van der Waals surface area contributed by atoms with Crippen LogP contribution in [0.1, 0.15) is 296 Å². The minimum atomic E-state index is -1.97. The Hall–Kier alpha value is -1.47. The predicted octanol–water partition coefficient (Wildman–Crippen LogP) is 10.1.